The van der Waals surface area contributed by atoms with E-state index in [1.54, 1.807) is 0 Å². The summed E-state index contributed by atoms with van der Waals surface area (Å²) < 4.78 is 0. The fraction of sp³-hybridized carbons (Fsp3) is 0.955. The van der Waals surface area contributed by atoms with Crippen LogP contribution >= 0.6 is 0 Å². The largest absolute Gasteiger partial charge is 0.481 e. The molecule has 5 heteroatoms. The van der Waals surface area contributed by atoms with Gasteiger partial charge in [0.05, 0.1) is 0 Å². The predicted octanol–water partition coefficient (Wildman–Crippen LogP) is 15.0. The van der Waals surface area contributed by atoms with Crippen LogP contribution in [0.25, 0.3) is 0 Å². The van der Waals surface area contributed by atoms with Crippen LogP contribution in [-0.2, 0) is 9.59 Å². The van der Waals surface area contributed by atoms with Crippen molar-refractivity contribution in [2.45, 2.75) is 265 Å². The summed E-state index contributed by atoms with van der Waals surface area (Å²) in [7, 11) is 0. The smallest absolute Gasteiger partial charge is 0.303 e. The Labute approximate surface area is 307 Å². The zero-order valence-electron chi connectivity index (χ0n) is 33.7. The van der Waals surface area contributed by atoms with E-state index in [2.05, 4.69) is 20.8 Å². The van der Waals surface area contributed by atoms with Crippen molar-refractivity contribution in [2.75, 3.05) is 6.61 Å². The molecular formula is C44H90O5. The van der Waals surface area contributed by atoms with Gasteiger partial charge in [0, 0.05) is 19.4 Å². The molecule has 296 valence electrons. The van der Waals surface area contributed by atoms with Gasteiger partial charge in [-0.3, -0.25) is 9.59 Å². The number of hydrogen-bond acceptors (Lipinski definition) is 3. The number of aliphatic hydroxyl groups is 1. The number of unbranched alkanes of at least 4 members (excludes halogenated alkanes) is 33. The molecule has 0 aliphatic heterocycles. The summed E-state index contributed by atoms with van der Waals surface area (Å²) in [6.07, 6.45) is 47.9. The van der Waals surface area contributed by atoms with Crippen molar-refractivity contribution in [3.63, 3.8) is 0 Å². The maximum absolute atomic E-state index is 10.3. The minimum Gasteiger partial charge on any atom is -0.481 e. The minimum absolute atomic E-state index is 0.344. The van der Waals surface area contributed by atoms with Crippen LogP contribution in [0.1, 0.15) is 265 Å². The standard InChI is InChI=1S/C16H32O2.C14H28O2.C14H30O/c1-2-3-4-5-6-7-8-9-10-11-12-13-14-15-16(17)18;1-2-3-4-5-6-7-8-9-10-11-12-13-14(15)16;1-2-3-4-5-6-7-8-9-10-11-12-13-14-15/h2-15H2,1H3,(H,17,18);2-13H2,1H3,(H,15,16);15H,2-14H2,1H3. The van der Waals surface area contributed by atoms with Gasteiger partial charge in [-0.15, -0.1) is 0 Å². The van der Waals surface area contributed by atoms with Crippen LogP contribution in [0.5, 0.6) is 0 Å². The molecule has 0 rings (SSSR count). The lowest BCUT2D eigenvalue weighted by Crippen LogP contribution is -1.93. The van der Waals surface area contributed by atoms with Gasteiger partial charge in [0.15, 0.2) is 0 Å². The summed E-state index contributed by atoms with van der Waals surface area (Å²) in [5.74, 6) is -1.31. The van der Waals surface area contributed by atoms with Gasteiger partial charge in [-0.25, -0.2) is 0 Å². The SMILES string of the molecule is CCCCCCCCCCCCCC(=O)O.CCCCCCCCCCCCCCCC(=O)O.CCCCCCCCCCCCCCO. The van der Waals surface area contributed by atoms with Gasteiger partial charge in [-0.1, -0.05) is 233 Å². The Bertz CT molecular complexity index is 582. The molecular weight excluding hydrogens is 608 g/mol. The fourth-order valence-corrected chi connectivity index (χ4v) is 6.19. The molecule has 0 unspecified atom stereocenters. The molecule has 0 aromatic heterocycles. The molecule has 0 saturated carbocycles. The van der Waals surface area contributed by atoms with Crippen molar-refractivity contribution in [1.82, 2.24) is 0 Å². The maximum Gasteiger partial charge on any atom is 0.303 e. The third-order valence-corrected chi connectivity index (χ3v) is 9.50. The van der Waals surface area contributed by atoms with Gasteiger partial charge < -0.3 is 15.3 Å². The third kappa shape index (κ3) is 62.5. The normalized spacial score (nSPS) is 10.7. The molecule has 3 N–H and O–H groups in total. The summed E-state index contributed by atoms with van der Waals surface area (Å²) in [5, 5.41) is 25.6. The van der Waals surface area contributed by atoms with E-state index < -0.39 is 11.9 Å². The van der Waals surface area contributed by atoms with E-state index in [1.165, 1.54) is 199 Å². The molecule has 0 heterocycles. The first-order chi connectivity index (χ1) is 24.0. The van der Waals surface area contributed by atoms with Crippen LogP contribution in [-0.4, -0.2) is 33.9 Å². The highest BCUT2D eigenvalue weighted by molar-refractivity contribution is 5.66. The van der Waals surface area contributed by atoms with E-state index in [4.69, 9.17) is 15.3 Å². The van der Waals surface area contributed by atoms with Gasteiger partial charge in [0.1, 0.15) is 0 Å². The number of hydrogen-bond donors (Lipinski definition) is 3. The van der Waals surface area contributed by atoms with Crippen LogP contribution in [0, 0.1) is 0 Å². The first kappa shape index (κ1) is 52.3. The van der Waals surface area contributed by atoms with Crippen LogP contribution in [0.3, 0.4) is 0 Å². The fourth-order valence-electron chi connectivity index (χ4n) is 6.19. The van der Waals surface area contributed by atoms with Gasteiger partial charge >= 0.3 is 11.9 Å². The highest BCUT2D eigenvalue weighted by atomic mass is 16.4. The molecule has 0 spiro atoms. The number of aliphatic carboxylic acids is 2. The average molecular weight is 699 g/mol. The molecule has 0 aliphatic carbocycles. The number of rotatable bonds is 38. The Kier molecular flexibility index (Phi) is 54.7. The summed E-state index contributed by atoms with van der Waals surface area (Å²) in [6.45, 7) is 7.15. The lowest BCUT2D eigenvalue weighted by molar-refractivity contribution is -0.138. The van der Waals surface area contributed by atoms with E-state index in [0.717, 1.165) is 32.1 Å². The van der Waals surface area contributed by atoms with Crippen molar-refractivity contribution in [3.05, 3.63) is 0 Å². The van der Waals surface area contributed by atoms with Crippen molar-refractivity contribution < 1.29 is 24.9 Å². The molecule has 0 amide bonds. The monoisotopic (exact) mass is 699 g/mol. The Morgan fingerprint density at radius 2 is 0.449 bits per heavy atom. The molecule has 0 aromatic rings. The van der Waals surface area contributed by atoms with Crippen LogP contribution < -0.4 is 0 Å². The number of carboxylic acid groups (broad SMARTS) is 2. The van der Waals surface area contributed by atoms with Crippen LogP contribution in [0.15, 0.2) is 0 Å². The lowest BCUT2D eigenvalue weighted by Gasteiger charge is -2.02. The zero-order chi connectivity index (χ0) is 36.7. The highest BCUT2D eigenvalue weighted by Crippen LogP contribution is 2.14. The van der Waals surface area contributed by atoms with E-state index in [0.29, 0.717) is 19.4 Å². The van der Waals surface area contributed by atoms with Crippen LogP contribution in [0.2, 0.25) is 0 Å². The Morgan fingerprint density at radius 3 is 0.612 bits per heavy atom. The van der Waals surface area contributed by atoms with Gasteiger partial charge in [0.25, 0.3) is 0 Å². The quantitative estimate of drug-likeness (QED) is 0.0558. The molecule has 0 saturated heterocycles. The molecule has 0 atom stereocenters. The second-order valence-corrected chi connectivity index (χ2v) is 14.7. The van der Waals surface area contributed by atoms with Crippen molar-refractivity contribution in [3.8, 4) is 0 Å². The summed E-state index contributed by atoms with van der Waals surface area (Å²) in [4.78, 5) is 20.6. The molecule has 0 bridgehead atoms. The summed E-state index contributed by atoms with van der Waals surface area (Å²) >= 11 is 0. The third-order valence-electron chi connectivity index (χ3n) is 9.50. The van der Waals surface area contributed by atoms with Crippen LogP contribution in [0.4, 0.5) is 0 Å². The molecule has 49 heavy (non-hydrogen) atoms. The maximum atomic E-state index is 10.3. The summed E-state index contributed by atoms with van der Waals surface area (Å²) in [6, 6.07) is 0. The molecule has 5 nitrogen and oxygen atoms in total. The van der Waals surface area contributed by atoms with E-state index in [-0.39, 0.29) is 0 Å². The van der Waals surface area contributed by atoms with E-state index in [9.17, 15) is 9.59 Å². The Hall–Kier alpha value is -1.10. The van der Waals surface area contributed by atoms with Crippen molar-refractivity contribution >= 4 is 11.9 Å². The lowest BCUT2D eigenvalue weighted by atomic mass is 10.0. The summed E-state index contributed by atoms with van der Waals surface area (Å²) in [5.41, 5.74) is 0. The first-order valence-corrected chi connectivity index (χ1v) is 22.0. The Morgan fingerprint density at radius 1 is 0.286 bits per heavy atom. The minimum atomic E-state index is -0.657. The first-order valence-electron chi connectivity index (χ1n) is 22.0. The predicted molar refractivity (Wildman–Crippen MR) is 215 cm³/mol. The van der Waals surface area contributed by atoms with E-state index >= 15 is 0 Å². The average Bonchev–Trinajstić information content (AvgIpc) is 3.08. The zero-order valence-corrected chi connectivity index (χ0v) is 33.7. The van der Waals surface area contributed by atoms with Crippen molar-refractivity contribution in [2.24, 2.45) is 0 Å². The molecule has 0 aromatic carbocycles. The highest BCUT2D eigenvalue weighted by Gasteiger charge is 1.98. The molecule has 0 fully saturated rings. The van der Waals surface area contributed by atoms with E-state index in [1.807, 2.05) is 0 Å². The van der Waals surface area contributed by atoms with Gasteiger partial charge in [-0.05, 0) is 19.3 Å². The second-order valence-electron chi connectivity index (χ2n) is 14.7. The number of aliphatic hydroxyl groups excluding tert-OH is 1. The molecule has 0 aliphatic rings. The van der Waals surface area contributed by atoms with Gasteiger partial charge in [-0.2, -0.15) is 0 Å². The van der Waals surface area contributed by atoms with Crippen molar-refractivity contribution in [1.29, 1.82) is 0 Å². The number of carbonyl (C=O) groups is 2. The number of carboxylic acids is 2. The van der Waals surface area contributed by atoms with Gasteiger partial charge in [0.2, 0.25) is 0 Å². The second kappa shape index (κ2) is 51.3. The Balaban J connectivity index is -0.000000651. The molecule has 0 radical (unpaired) electrons. The topological polar surface area (TPSA) is 94.8 Å².